The van der Waals surface area contributed by atoms with Crippen LogP contribution in [-0.2, 0) is 0 Å². The third-order valence-corrected chi connectivity index (χ3v) is 9.39. The summed E-state index contributed by atoms with van der Waals surface area (Å²) in [4.78, 5) is 0. The quantitative estimate of drug-likeness (QED) is 0.0988. The Morgan fingerprint density at radius 2 is 2.07 bits per heavy atom. The van der Waals surface area contributed by atoms with E-state index in [1.165, 1.54) is 0 Å². The van der Waals surface area contributed by atoms with Gasteiger partial charge in [-0.1, -0.05) is 0 Å². The molecule has 4 nitrogen and oxygen atoms in total. The van der Waals surface area contributed by atoms with Gasteiger partial charge in [0.05, 0.1) is 0 Å². The van der Waals surface area contributed by atoms with Crippen molar-refractivity contribution in [2.75, 3.05) is 2.43 Å². The average molecular weight is 541 g/mol. The van der Waals surface area contributed by atoms with Crippen LogP contribution in [0, 0.1) is 5.21 Å². The van der Waals surface area contributed by atoms with Crippen LogP contribution in [-0.4, -0.2) is 16.6 Å². The first kappa shape index (κ1) is 16.0. The third kappa shape index (κ3) is 6.58. The van der Waals surface area contributed by atoms with E-state index in [2.05, 4.69) is 29.5 Å². The van der Waals surface area contributed by atoms with Gasteiger partial charge >= 0.3 is 122 Å². The summed E-state index contributed by atoms with van der Waals surface area (Å²) in [6, 6.07) is 0.0444. The van der Waals surface area contributed by atoms with Crippen molar-refractivity contribution < 1.29 is 46.0 Å². The summed E-state index contributed by atoms with van der Waals surface area (Å²) in [5, 5.41) is 11.6. The summed E-state index contributed by atoms with van der Waals surface area (Å²) >= 11 is 1.73. The van der Waals surface area contributed by atoms with Crippen molar-refractivity contribution >= 4 is 22.6 Å². The standard InChI is InChI=1S/C7H18I3N3O/c1-3-6(11)10-7(12)5(2)13(14)9-4-8/h5-7,13H,3-4,11-12H2,1-2H3/q-2. The third-order valence-electron chi connectivity index (χ3n) is 1.72. The molecule has 4 atom stereocenters. The van der Waals surface area contributed by atoms with E-state index >= 15 is 0 Å². The Balaban J connectivity index is 3.90. The summed E-state index contributed by atoms with van der Waals surface area (Å²) in [7, 11) is 0. The van der Waals surface area contributed by atoms with Crippen molar-refractivity contribution in [3.8, 4) is 0 Å². The number of halogens is 3. The normalized spacial score (nSPS) is 20.7. The van der Waals surface area contributed by atoms with Crippen molar-refractivity contribution in [3.63, 3.8) is 0 Å². The van der Waals surface area contributed by atoms with Crippen molar-refractivity contribution in [1.82, 2.24) is 0 Å². The maximum atomic E-state index is 11.6. The van der Waals surface area contributed by atoms with Crippen LogP contribution < -0.4 is 57.4 Å². The maximum absolute atomic E-state index is 11.6. The predicted molar refractivity (Wildman–Crippen MR) is 58.9 cm³/mol. The molecular formula is C7H18I3N3O-2. The van der Waals surface area contributed by atoms with Crippen LogP contribution in [0.25, 0.3) is 0 Å². The van der Waals surface area contributed by atoms with E-state index < -0.39 is 0 Å². The Morgan fingerprint density at radius 1 is 1.50 bits per heavy atom. The number of quaternary nitrogens is 1. The number of alkyl halides is 4. The first-order valence-corrected chi connectivity index (χ1v) is 11.0. The molecule has 0 spiro atoms. The van der Waals surface area contributed by atoms with Gasteiger partial charge in [0.1, 0.15) is 0 Å². The van der Waals surface area contributed by atoms with Gasteiger partial charge in [-0.05, 0) is 0 Å². The summed E-state index contributed by atoms with van der Waals surface area (Å²) in [6.45, 7) is 4.03. The number of hydroxylamine groups is 1. The molecule has 0 aliphatic carbocycles. The molecule has 0 aromatic carbocycles. The minimum atomic E-state index is -0.295. The molecule has 0 aromatic rings. The van der Waals surface area contributed by atoms with E-state index in [0.29, 0.717) is 3.28 Å². The summed E-state index contributed by atoms with van der Waals surface area (Å²) in [6.07, 6.45) is 0.975. The molecular weight excluding hydrogens is 523 g/mol. The number of nitrogens with two attached hydrogens (primary N) is 2. The Bertz CT molecular complexity index is 152. The van der Waals surface area contributed by atoms with Crippen molar-refractivity contribution in [1.29, 1.82) is 0 Å². The van der Waals surface area contributed by atoms with Crippen LogP contribution in [0.1, 0.15) is 20.3 Å². The zero-order valence-corrected chi connectivity index (χ0v) is 14.8. The molecule has 5 N–H and O–H groups in total. The van der Waals surface area contributed by atoms with Crippen molar-refractivity contribution in [2.45, 2.75) is 34.4 Å². The summed E-state index contributed by atoms with van der Waals surface area (Å²) < 4.78 is 1.69. The van der Waals surface area contributed by atoms with Crippen LogP contribution >= 0.6 is 22.6 Å². The second kappa shape index (κ2) is 9.10. The topological polar surface area (TPSA) is 79.5 Å². The zero-order valence-electron chi connectivity index (χ0n) is 8.34. The van der Waals surface area contributed by atoms with E-state index in [1.54, 1.807) is 0 Å². The van der Waals surface area contributed by atoms with Gasteiger partial charge in [0.2, 0.25) is 0 Å². The van der Waals surface area contributed by atoms with Crippen LogP contribution in [0.5, 0.6) is 0 Å². The van der Waals surface area contributed by atoms with E-state index in [9.17, 15) is 5.21 Å². The Hall–Kier alpha value is 2.03. The van der Waals surface area contributed by atoms with Gasteiger partial charge in [0.25, 0.3) is 0 Å². The van der Waals surface area contributed by atoms with Gasteiger partial charge in [0, 0.05) is 0 Å². The molecule has 4 unspecified atom stereocenters. The summed E-state index contributed by atoms with van der Waals surface area (Å²) in [5.74, 6) is 0. The minimum absolute atomic E-state index is 0.0444. The molecule has 0 amide bonds. The van der Waals surface area contributed by atoms with Crippen LogP contribution in [0.3, 0.4) is 0 Å². The van der Waals surface area contributed by atoms with E-state index in [-0.39, 0.29) is 56.8 Å². The van der Waals surface area contributed by atoms with E-state index in [1.807, 2.05) is 6.92 Å². The molecule has 0 saturated carbocycles. The molecule has 0 aromatic heterocycles. The van der Waals surface area contributed by atoms with Crippen molar-refractivity contribution in [2.24, 2.45) is 11.5 Å². The Labute approximate surface area is 121 Å². The average Bonchev–Trinajstić information content (AvgIpc) is 2.16. The summed E-state index contributed by atoms with van der Waals surface area (Å²) in [5.41, 5.74) is 11.8. The first-order chi connectivity index (χ1) is 6.52. The predicted octanol–water partition coefficient (Wildman–Crippen LogP) is -6.78. The van der Waals surface area contributed by atoms with Gasteiger partial charge in [-0.2, -0.15) is 0 Å². The SMILES string of the molecule is CCC(N)[I-]C(N)C(C)[NH+]([O-])[I-]CI. The number of rotatable bonds is 7. The zero-order chi connectivity index (χ0) is 11.1. The van der Waals surface area contributed by atoms with Crippen LogP contribution in [0.4, 0.5) is 0 Å². The molecule has 0 radical (unpaired) electrons. The molecule has 0 heterocycles. The first-order valence-electron chi connectivity index (χ1n) is 4.35. The molecule has 0 fully saturated rings. The number of hydrogen-bond donors (Lipinski definition) is 3. The van der Waals surface area contributed by atoms with E-state index in [0.717, 1.165) is 8.86 Å². The molecule has 0 bridgehead atoms. The molecule has 0 rings (SSSR count). The fourth-order valence-electron chi connectivity index (χ4n) is 0.682. The fraction of sp³-hybridized carbons (Fsp3) is 1.00. The second-order valence-corrected chi connectivity index (χ2v) is 12.9. The molecule has 14 heavy (non-hydrogen) atoms. The van der Waals surface area contributed by atoms with Gasteiger partial charge < -0.3 is 0 Å². The monoisotopic (exact) mass is 541 g/mol. The van der Waals surface area contributed by atoms with Gasteiger partial charge in [-0.3, -0.25) is 0 Å². The van der Waals surface area contributed by atoms with E-state index in [4.69, 9.17) is 11.5 Å². The van der Waals surface area contributed by atoms with Gasteiger partial charge in [-0.15, -0.1) is 0 Å². The molecule has 7 heteroatoms. The Kier molecular flexibility index (Phi) is 10.4. The Morgan fingerprint density at radius 3 is 2.50 bits per heavy atom. The van der Waals surface area contributed by atoms with Gasteiger partial charge in [0.15, 0.2) is 0 Å². The molecule has 0 aliphatic rings. The molecule has 90 valence electrons. The molecule has 0 saturated heterocycles. The van der Waals surface area contributed by atoms with Crippen LogP contribution in [0.15, 0.2) is 0 Å². The number of nitrogens with one attached hydrogen (secondary N) is 1. The molecule has 0 aliphatic heterocycles. The second-order valence-electron chi connectivity index (χ2n) is 2.82. The van der Waals surface area contributed by atoms with Crippen LogP contribution in [0.2, 0.25) is 0 Å². The van der Waals surface area contributed by atoms with Crippen molar-refractivity contribution in [3.05, 3.63) is 5.21 Å². The number of hydrogen-bond acceptors (Lipinski definition) is 3. The van der Waals surface area contributed by atoms with Gasteiger partial charge in [-0.25, -0.2) is 0 Å². The fourth-order valence-corrected chi connectivity index (χ4v) is 7.17.